The second kappa shape index (κ2) is 5.18. The van der Waals surface area contributed by atoms with Gasteiger partial charge >= 0.3 is 11.8 Å². The molecule has 0 atom stereocenters. The van der Waals surface area contributed by atoms with Crippen LogP contribution in [0.4, 0.5) is 5.69 Å². The van der Waals surface area contributed by atoms with Crippen molar-refractivity contribution < 1.29 is 14.7 Å². The van der Waals surface area contributed by atoms with Gasteiger partial charge in [-0.05, 0) is 24.1 Å². The highest BCUT2D eigenvalue weighted by Crippen LogP contribution is 2.18. The minimum atomic E-state index is -0.487. The van der Waals surface area contributed by atoms with Gasteiger partial charge in [-0.15, -0.1) is 0 Å². The molecule has 0 bridgehead atoms. The van der Waals surface area contributed by atoms with Crippen LogP contribution in [0.1, 0.15) is 5.56 Å². The topological polar surface area (TPSA) is 60.9 Å². The molecule has 5 nitrogen and oxygen atoms in total. The Morgan fingerprint density at radius 2 is 1.78 bits per heavy atom. The first-order chi connectivity index (χ1) is 8.63. The van der Waals surface area contributed by atoms with Crippen LogP contribution in [0.2, 0.25) is 0 Å². The minimum Gasteiger partial charge on any atom is -0.396 e. The average molecular weight is 248 g/mol. The van der Waals surface area contributed by atoms with E-state index in [1.807, 2.05) is 24.3 Å². The van der Waals surface area contributed by atoms with E-state index < -0.39 is 11.8 Å². The third-order valence-corrected chi connectivity index (χ3v) is 3.08. The molecule has 0 aliphatic carbocycles. The standard InChI is InChI=1S/C13H16N2O3/c1-14-7-8-15(13(18)12(14)17)11-4-2-10(3-5-11)6-9-16/h2-5,16H,6-9H2,1H3. The molecule has 0 saturated carbocycles. The van der Waals surface area contributed by atoms with Crippen molar-refractivity contribution in [3.8, 4) is 0 Å². The Balaban J connectivity index is 2.16. The molecule has 1 aliphatic heterocycles. The third kappa shape index (κ3) is 2.36. The summed E-state index contributed by atoms with van der Waals surface area (Å²) >= 11 is 0. The van der Waals surface area contributed by atoms with Crippen LogP contribution in [0.25, 0.3) is 0 Å². The van der Waals surface area contributed by atoms with E-state index in [9.17, 15) is 9.59 Å². The number of hydrogen-bond acceptors (Lipinski definition) is 3. The van der Waals surface area contributed by atoms with E-state index in [1.54, 1.807) is 7.05 Å². The number of anilines is 1. The number of carbonyl (C=O) groups is 2. The van der Waals surface area contributed by atoms with Crippen molar-refractivity contribution in [1.29, 1.82) is 0 Å². The molecule has 96 valence electrons. The molecule has 0 radical (unpaired) electrons. The van der Waals surface area contributed by atoms with E-state index in [-0.39, 0.29) is 6.61 Å². The number of likely N-dealkylation sites (N-methyl/N-ethyl adjacent to an activating group) is 1. The molecule has 18 heavy (non-hydrogen) atoms. The van der Waals surface area contributed by atoms with Crippen molar-refractivity contribution in [3.05, 3.63) is 29.8 Å². The Morgan fingerprint density at radius 1 is 1.11 bits per heavy atom. The first kappa shape index (κ1) is 12.6. The molecule has 0 aromatic heterocycles. The Morgan fingerprint density at radius 3 is 2.39 bits per heavy atom. The molecule has 1 saturated heterocycles. The van der Waals surface area contributed by atoms with Crippen molar-refractivity contribution in [2.75, 3.05) is 31.6 Å². The first-order valence-corrected chi connectivity index (χ1v) is 5.90. The largest absolute Gasteiger partial charge is 0.396 e. The highest BCUT2D eigenvalue weighted by Gasteiger charge is 2.30. The maximum Gasteiger partial charge on any atom is 0.316 e. The molecule has 2 rings (SSSR count). The second-order valence-corrected chi connectivity index (χ2v) is 4.32. The number of carbonyl (C=O) groups excluding carboxylic acids is 2. The van der Waals surface area contributed by atoms with Crippen LogP contribution in [0, 0.1) is 0 Å². The molecule has 0 unspecified atom stereocenters. The molecule has 1 N–H and O–H groups in total. The first-order valence-electron chi connectivity index (χ1n) is 5.90. The van der Waals surface area contributed by atoms with E-state index >= 15 is 0 Å². The fraction of sp³-hybridized carbons (Fsp3) is 0.385. The Labute approximate surface area is 106 Å². The molecule has 1 aromatic rings. The van der Waals surface area contributed by atoms with Crippen molar-refractivity contribution in [2.45, 2.75) is 6.42 Å². The molecule has 1 aliphatic rings. The zero-order valence-electron chi connectivity index (χ0n) is 10.3. The van der Waals surface area contributed by atoms with Crippen LogP contribution in [-0.4, -0.2) is 48.6 Å². The molecule has 1 fully saturated rings. The molecule has 0 spiro atoms. The summed E-state index contributed by atoms with van der Waals surface area (Å²) in [5.41, 5.74) is 1.73. The summed E-state index contributed by atoms with van der Waals surface area (Å²) in [4.78, 5) is 26.3. The lowest BCUT2D eigenvalue weighted by molar-refractivity contribution is -0.145. The SMILES string of the molecule is CN1CCN(c2ccc(CCO)cc2)C(=O)C1=O. The quantitative estimate of drug-likeness (QED) is 0.767. The highest BCUT2D eigenvalue weighted by molar-refractivity contribution is 6.40. The summed E-state index contributed by atoms with van der Waals surface area (Å²) in [7, 11) is 1.63. The summed E-state index contributed by atoms with van der Waals surface area (Å²) in [6, 6.07) is 7.34. The Hall–Kier alpha value is -1.88. The van der Waals surface area contributed by atoms with E-state index in [0.29, 0.717) is 19.5 Å². The van der Waals surface area contributed by atoms with Gasteiger partial charge < -0.3 is 14.9 Å². The summed E-state index contributed by atoms with van der Waals surface area (Å²) in [6.07, 6.45) is 0.593. The van der Waals surface area contributed by atoms with Crippen LogP contribution in [0.5, 0.6) is 0 Å². The van der Waals surface area contributed by atoms with Gasteiger partial charge in [-0.25, -0.2) is 0 Å². The number of aliphatic hydroxyl groups is 1. The lowest BCUT2D eigenvalue weighted by Gasteiger charge is -2.31. The third-order valence-electron chi connectivity index (χ3n) is 3.08. The maximum absolute atomic E-state index is 11.8. The number of rotatable bonds is 3. The van der Waals surface area contributed by atoms with Crippen molar-refractivity contribution >= 4 is 17.5 Å². The van der Waals surface area contributed by atoms with Crippen LogP contribution in [0.15, 0.2) is 24.3 Å². The van der Waals surface area contributed by atoms with Crippen molar-refractivity contribution in [1.82, 2.24) is 4.90 Å². The van der Waals surface area contributed by atoms with Crippen LogP contribution < -0.4 is 4.90 Å². The summed E-state index contributed by atoms with van der Waals surface area (Å²) < 4.78 is 0. The number of amides is 2. The molecule has 2 amide bonds. The number of piperazine rings is 1. The van der Waals surface area contributed by atoms with Gasteiger partial charge in [-0.3, -0.25) is 9.59 Å². The fourth-order valence-corrected chi connectivity index (χ4v) is 1.95. The van der Waals surface area contributed by atoms with Gasteiger partial charge in [0.15, 0.2) is 0 Å². The summed E-state index contributed by atoms with van der Waals surface area (Å²) in [5.74, 6) is -0.959. The minimum absolute atomic E-state index is 0.102. The second-order valence-electron chi connectivity index (χ2n) is 4.32. The van der Waals surface area contributed by atoms with E-state index in [4.69, 9.17) is 5.11 Å². The van der Waals surface area contributed by atoms with Gasteiger partial charge in [-0.1, -0.05) is 12.1 Å². The van der Waals surface area contributed by atoms with Gasteiger partial charge in [0.25, 0.3) is 0 Å². The number of hydrogen-bond donors (Lipinski definition) is 1. The van der Waals surface area contributed by atoms with Gasteiger partial charge in [0, 0.05) is 32.4 Å². The zero-order chi connectivity index (χ0) is 13.1. The monoisotopic (exact) mass is 248 g/mol. The van der Waals surface area contributed by atoms with Gasteiger partial charge in [0.05, 0.1) is 0 Å². The molecular formula is C13H16N2O3. The molecule has 5 heteroatoms. The molecule has 1 heterocycles. The van der Waals surface area contributed by atoms with Crippen molar-refractivity contribution in [2.24, 2.45) is 0 Å². The van der Waals surface area contributed by atoms with E-state index in [0.717, 1.165) is 11.3 Å². The van der Waals surface area contributed by atoms with E-state index in [2.05, 4.69) is 0 Å². The lowest BCUT2D eigenvalue weighted by atomic mass is 10.1. The molecule has 1 aromatic carbocycles. The smallest absolute Gasteiger partial charge is 0.316 e. The molecular weight excluding hydrogens is 232 g/mol. The van der Waals surface area contributed by atoms with Gasteiger partial charge in [0.1, 0.15) is 0 Å². The number of nitrogens with zero attached hydrogens (tertiary/aromatic N) is 2. The van der Waals surface area contributed by atoms with Crippen LogP contribution >= 0.6 is 0 Å². The summed E-state index contributed by atoms with van der Waals surface area (Å²) in [5, 5.41) is 8.83. The lowest BCUT2D eigenvalue weighted by Crippen LogP contribution is -2.53. The normalized spacial score (nSPS) is 16.3. The maximum atomic E-state index is 11.8. The predicted octanol–water partition coefficient (Wildman–Crippen LogP) is 0.0264. The number of aliphatic hydroxyl groups excluding tert-OH is 1. The van der Waals surface area contributed by atoms with Gasteiger partial charge in [0.2, 0.25) is 0 Å². The predicted molar refractivity (Wildman–Crippen MR) is 67.2 cm³/mol. The Bertz CT molecular complexity index is 456. The number of benzene rings is 1. The summed E-state index contributed by atoms with van der Waals surface area (Å²) in [6.45, 7) is 1.16. The Kier molecular flexibility index (Phi) is 3.62. The van der Waals surface area contributed by atoms with Gasteiger partial charge in [-0.2, -0.15) is 0 Å². The van der Waals surface area contributed by atoms with Crippen LogP contribution in [0.3, 0.4) is 0 Å². The zero-order valence-corrected chi connectivity index (χ0v) is 10.3. The fourth-order valence-electron chi connectivity index (χ4n) is 1.95. The van der Waals surface area contributed by atoms with Crippen LogP contribution in [-0.2, 0) is 16.0 Å². The van der Waals surface area contributed by atoms with Crippen molar-refractivity contribution in [3.63, 3.8) is 0 Å². The average Bonchev–Trinajstić information content (AvgIpc) is 2.38. The van der Waals surface area contributed by atoms with E-state index in [1.165, 1.54) is 9.80 Å². The highest BCUT2D eigenvalue weighted by atomic mass is 16.3.